The number of sulfone groups is 1. The number of aromatic nitrogens is 2. The van der Waals surface area contributed by atoms with Crippen LogP contribution in [0, 0.1) is 5.92 Å². The first kappa shape index (κ1) is 23.6. The number of amides is 1. The molecule has 2 fully saturated rings. The summed E-state index contributed by atoms with van der Waals surface area (Å²) in [5.74, 6) is 0.118. The number of anilines is 1. The Morgan fingerprint density at radius 1 is 1.14 bits per heavy atom. The Kier molecular flexibility index (Phi) is 5.67. The van der Waals surface area contributed by atoms with E-state index in [1.54, 1.807) is 36.4 Å². The van der Waals surface area contributed by atoms with Crippen LogP contribution in [-0.4, -0.2) is 42.9 Å². The molecule has 2 atom stereocenters. The third kappa shape index (κ3) is 4.02. The molecule has 1 unspecified atom stereocenters. The SMILES string of the molecule is N[C@H]1CS(=O)(=O)c2ccc(-c3nnc(C4(C5CC5)CCCO4)o3)cc2N(Cc2ccc(Cl)cc2)C1=O. The quantitative estimate of drug-likeness (QED) is 0.533. The van der Waals surface area contributed by atoms with E-state index in [1.165, 1.54) is 11.0 Å². The summed E-state index contributed by atoms with van der Waals surface area (Å²) in [6.45, 7) is 0.788. The van der Waals surface area contributed by atoms with Crippen LogP contribution in [0.15, 0.2) is 51.8 Å². The van der Waals surface area contributed by atoms with E-state index in [4.69, 9.17) is 26.5 Å². The lowest BCUT2D eigenvalue weighted by Gasteiger charge is -2.24. The van der Waals surface area contributed by atoms with Crippen LogP contribution in [-0.2, 0) is 31.5 Å². The summed E-state index contributed by atoms with van der Waals surface area (Å²) in [5.41, 5.74) is 7.01. The smallest absolute Gasteiger partial charge is 0.248 e. The van der Waals surface area contributed by atoms with Gasteiger partial charge in [-0.3, -0.25) is 4.79 Å². The van der Waals surface area contributed by atoms with Gasteiger partial charge < -0.3 is 19.8 Å². The molecule has 6 rings (SSSR count). The maximum absolute atomic E-state index is 13.3. The molecule has 2 N–H and O–H groups in total. The van der Waals surface area contributed by atoms with Crippen LogP contribution in [0.1, 0.15) is 37.1 Å². The first-order chi connectivity index (χ1) is 17.3. The molecular formula is C25H25ClN4O5S. The molecule has 0 spiro atoms. The summed E-state index contributed by atoms with van der Waals surface area (Å²) in [6, 6.07) is 10.5. The third-order valence-corrected chi connectivity index (χ3v) is 9.21. The second-order valence-electron chi connectivity index (χ2n) is 9.65. The second-order valence-corrected chi connectivity index (χ2v) is 12.1. The minimum atomic E-state index is -3.81. The lowest BCUT2D eigenvalue weighted by Crippen LogP contribution is -2.45. The van der Waals surface area contributed by atoms with Crippen molar-refractivity contribution in [2.45, 2.75) is 48.8 Å². The van der Waals surface area contributed by atoms with Gasteiger partial charge in [-0.2, -0.15) is 0 Å². The van der Waals surface area contributed by atoms with Gasteiger partial charge in [0.25, 0.3) is 0 Å². The predicted molar refractivity (Wildman–Crippen MR) is 132 cm³/mol. The highest BCUT2D eigenvalue weighted by Gasteiger charge is 2.53. The van der Waals surface area contributed by atoms with Crippen LogP contribution in [0.4, 0.5) is 5.69 Å². The molecule has 1 saturated heterocycles. The number of benzene rings is 2. The molecule has 1 aromatic heterocycles. The van der Waals surface area contributed by atoms with Crippen molar-refractivity contribution in [3.63, 3.8) is 0 Å². The summed E-state index contributed by atoms with van der Waals surface area (Å²) in [4.78, 5) is 14.7. The van der Waals surface area contributed by atoms with Crippen LogP contribution in [0.5, 0.6) is 0 Å². The number of ether oxygens (including phenoxy) is 1. The fourth-order valence-electron chi connectivity index (χ4n) is 5.16. The van der Waals surface area contributed by atoms with Crippen molar-refractivity contribution in [1.29, 1.82) is 0 Å². The molecule has 36 heavy (non-hydrogen) atoms. The molecule has 3 heterocycles. The molecule has 3 aliphatic rings. The van der Waals surface area contributed by atoms with Crippen molar-refractivity contribution in [3.05, 3.63) is 58.9 Å². The highest BCUT2D eigenvalue weighted by molar-refractivity contribution is 7.91. The first-order valence-electron chi connectivity index (χ1n) is 11.9. The second kappa shape index (κ2) is 8.65. The average Bonchev–Trinajstić information content (AvgIpc) is 3.40. The molecule has 0 bridgehead atoms. The standard InChI is InChI=1S/C25H25ClN4O5S/c26-18-7-2-15(3-8-18)13-30-20-12-16(4-9-21(20)36(32,33)14-19(27)23(30)31)22-28-29-24(35-22)25(17-5-6-17)10-1-11-34-25/h2-4,7-9,12,17,19H,1,5-6,10-11,13-14,27H2/t19-,25?/m0/s1. The highest BCUT2D eigenvalue weighted by Crippen LogP contribution is 2.53. The zero-order valence-electron chi connectivity index (χ0n) is 19.4. The summed E-state index contributed by atoms with van der Waals surface area (Å²) < 4.78 is 38.4. The van der Waals surface area contributed by atoms with Crippen molar-refractivity contribution < 1.29 is 22.4 Å². The molecule has 1 aliphatic carbocycles. The van der Waals surface area contributed by atoms with Crippen LogP contribution < -0.4 is 10.6 Å². The van der Waals surface area contributed by atoms with Crippen molar-refractivity contribution in [2.24, 2.45) is 11.7 Å². The van der Waals surface area contributed by atoms with E-state index in [9.17, 15) is 13.2 Å². The number of halogens is 1. The van der Waals surface area contributed by atoms with E-state index in [-0.39, 0.29) is 23.0 Å². The zero-order valence-corrected chi connectivity index (χ0v) is 21.0. The summed E-state index contributed by atoms with van der Waals surface area (Å²) in [5, 5.41) is 9.14. The molecule has 188 valence electrons. The van der Waals surface area contributed by atoms with E-state index in [0.29, 0.717) is 29.0 Å². The van der Waals surface area contributed by atoms with Crippen LogP contribution >= 0.6 is 11.6 Å². The van der Waals surface area contributed by atoms with E-state index in [1.807, 2.05) is 0 Å². The Hall–Kier alpha value is -2.79. The van der Waals surface area contributed by atoms with E-state index in [0.717, 1.165) is 31.2 Å². The topological polar surface area (TPSA) is 129 Å². The zero-order chi connectivity index (χ0) is 25.1. The Bertz CT molecular complexity index is 1430. The fourth-order valence-corrected chi connectivity index (χ4v) is 6.85. The third-order valence-electron chi connectivity index (χ3n) is 7.14. The molecule has 0 radical (unpaired) electrons. The van der Waals surface area contributed by atoms with Crippen LogP contribution in [0.2, 0.25) is 5.02 Å². The van der Waals surface area contributed by atoms with E-state index < -0.39 is 33.1 Å². The van der Waals surface area contributed by atoms with Gasteiger partial charge in [-0.1, -0.05) is 23.7 Å². The number of carbonyl (C=O) groups excluding carboxylic acids is 1. The van der Waals surface area contributed by atoms with Gasteiger partial charge >= 0.3 is 0 Å². The van der Waals surface area contributed by atoms with E-state index >= 15 is 0 Å². The number of nitrogens with two attached hydrogens (primary N) is 1. The summed E-state index contributed by atoms with van der Waals surface area (Å²) in [7, 11) is -3.81. The number of nitrogens with zero attached hydrogens (tertiary/aromatic N) is 3. The maximum Gasteiger partial charge on any atom is 0.248 e. The maximum atomic E-state index is 13.3. The van der Waals surface area contributed by atoms with Gasteiger partial charge in [-0.05, 0) is 67.5 Å². The number of carbonyl (C=O) groups is 1. The van der Waals surface area contributed by atoms with Gasteiger partial charge in [-0.25, -0.2) is 8.42 Å². The van der Waals surface area contributed by atoms with Gasteiger partial charge in [0, 0.05) is 17.2 Å². The van der Waals surface area contributed by atoms with Gasteiger partial charge in [-0.15, -0.1) is 10.2 Å². The minimum Gasteiger partial charge on any atom is -0.418 e. The van der Waals surface area contributed by atoms with E-state index in [2.05, 4.69) is 10.2 Å². The Morgan fingerprint density at radius 3 is 2.61 bits per heavy atom. The Balaban J connectivity index is 1.42. The lowest BCUT2D eigenvalue weighted by molar-refractivity contribution is -0.119. The molecule has 2 aliphatic heterocycles. The molecule has 1 saturated carbocycles. The number of rotatable bonds is 5. The monoisotopic (exact) mass is 528 g/mol. The van der Waals surface area contributed by atoms with Gasteiger partial charge in [0.05, 0.1) is 28.9 Å². The normalized spacial score (nSPS) is 25.6. The van der Waals surface area contributed by atoms with Crippen molar-refractivity contribution in [1.82, 2.24) is 10.2 Å². The van der Waals surface area contributed by atoms with Crippen molar-refractivity contribution in [3.8, 4) is 11.5 Å². The Labute approximate surface area is 213 Å². The molecule has 11 heteroatoms. The van der Waals surface area contributed by atoms with Crippen LogP contribution in [0.25, 0.3) is 11.5 Å². The Morgan fingerprint density at radius 2 is 1.92 bits per heavy atom. The lowest BCUT2D eigenvalue weighted by atomic mass is 9.94. The van der Waals surface area contributed by atoms with Gasteiger partial charge in [0.2, 0.25) is 17.7 Å². The molecular weight excluding hydrogens is 504 g/mol. The van der Waals surface area contributed by atoms with Crippen LogP contribution in [0.3, 0.4) is 0 Å². The first-order valence-corrected chi connectivity index (χ1v) is 14.0. The highest BCUT2D eigenvalue weighted by atomic mass is 35.5. The molecule has 2 aromatic carbocycles. The number of hydrogen-bond acceptors (Lipinski definition) is 8. The largest absolute Gasteiger partial charge is 0.418 e. The number of hydrogen-bond donors (Lipinski definition) is 1. The number of fused-ring (bicyclic) bond motifs is 1. The van der Waals surface area contributed by atoms with Gasteiger partial charge in [0.1, 0.15) is 5.60 Å². The van der Waals surface area contributed by atoms with Crippen molar-refractivity contribution in [2.75, 3.05) is 17.3 Å². The molecule has 9 nitrogen and oxygen atoms in total. The predicted octanol–water partition coefficient (Wildman–Crippen LogP) is 3.45. The van der Waals surface area contributed by atoms with Gasteiger partial charge in [0.15, 0.2) is 9.84 Å². The fraction of sp³-hybridized carbons (Fsp3) is 0.400. The minimum absolute atomic E-state index is 0.0369. The molecule has 1 amide bonds. The van der Waals surface area contributed by atoms with Crippen molar-refractivity contribution >= 4 is 33.0 Å². The molecule has 3 aromatic rings. The summed E-state index contributed by atoms with van der Waals surface area (Å²) in [6.07, 6.45) is 3.91. The summed E-state index contributed by atoms with van der Waals surface area (Å²) >= 11 is 6.01. The average molecular weight is 529 g/mol.